The third kappa shape index (κ3) is 7.27. The summed E-state index contributed by atoms with van der Waals surface area (Å²) < 4.78 is 20.1. The van der Waals surface area contributed by atoms with Crippen molar-refractivity contribution in [2.24, 2.45) is 11.3 Å². The van der Waals surface area contributed by atoms with Gasteiger partial charge in [-0.15, -0.1) is 0 Å². The molecule has 2 aliphatic heterocycles. The summed E-state index contributed by atoms with van der Waals surface area (Å²) in [5.41, 5.74) is -0.555. The van der Waals surface area contributed by atoms with E-state index in [2.05, 4.69) is 5.32 Å². The van der Waals surface area contributed by atoms with E-state index in [1.807, 2.05) is 37.4 Å². The molecule has 2 heterocycles. The number of likely N-dealkylation sites (tertiary alicyclic amines) is 1. The molecule has 1 aromatic rings. The van der Waals surface area contributed by atoms with Gasteiger partial charge >= 0.3 is 5.97 Å². The fraction of sp³-hybridized carbons (Fsp3) is 0.643. The monoisotopic (exact) mass is 548 g/mol. The molecular formula is C28H41FN4O4S. The van der Waals surface area contributed by atoms with Crippen LogP contribution in [0.2, 0.25) is 0 Å². The highest BCUT2D eigenvalue weighted by Crippen LogP contribution is 2.30. The van der Waals surface area contributed by atoms with E-state index >= 15 is 4.39 Å². The number of carbonyl (C=O) groups excluding carboxylic acids is 3. The lowest BCUT2D eigenvalue weighted by Crippen LogP contribution is -2.54. The van der Waals surface area contributed by atoms with E-state index in [0.717, 1.165) is 37.4 Å². The number of carbonyl (C=O) groups is 3. The number of amides is 2. The molecule has 210 valence electrons. The zero-order valence-corrected chi connectivity index (χ0v) is 23.8. The van der Waals surface area contributed by atoms with Crippen LogP contribution in [0.3, 0.4) is 0 Å². The predicted octanol–water partition coefficient (Wildman–Crippen LogP) is 3.93. The summed E-state index contributed by atoms with van der Waals surface area (Å²) in [6, 6.07) is 3.78. The van der Waals surface area contributed by atoms with Gasteiger partial charge in [0, 0.05) is 55.7 Å². The Morgan fingerprint density at radius 2 is 1.79 bits per heavy atom. The first kappa shape index (κ1) is 29.9. The van der Waals surface area contributed by atoms with Crippen molar-refractivity contribution in [1.29, 1.82) is 5.41 Å². The highest BCUT2D eigenvalue weighted by atomic mass is 32.2. The maximum atomic E-state index is 15.0. The van der Waals surface area contributed by atoms with Crippen LogP contribution in [0, 0.1) is 22.6 Å². The molecule has 2 saturated heterocycles. The first-order valence-corrected chi connectivity index (χ1v) is 14.7. The van der Waals surface area contributed by atoms with E-state index in [9.17, 15) is 14.4 Å². The van der Waals surface area contributed by atoms with Crippen LogP contribution < -0.4 is 5.32 Å². The van der Waals surface area contributed by atoms with Crippen LogP contribution in [0.25, 0.3) is 0 Å². The summed E-state index contributed by atoms with van der Waals surface area (Å²) in [5, 5.41) is 11.3. The van der Waals surface area contributed by atoms with Crippen molar-refractivity contribution in [3.63, 3.8) is 0 Å². The van der Waals surface area contributed by atoms with Crippen molar-refractivity contribution in [2.45, 2.75) is 59.4 Å². The molecule has 38 heavy (non-hydrogen) atoms. The van der Waals surface area contributed by atoms with Crippen molar-refractivity contribution in [2.75, 3.05) is 44.3 Å². The van der Waals surface area contributed by atoms with E-state index in [4.69, 9.17) is 10.1 Å². The molecule has 2 fully saturated rings. The maximum Gasteiger partial charge on any atom is 0.306 e. The normalized spacial score (nSPS) is 17.6. The molecule has 1 atom stereocenters. The van der Waals surface area contributed by atoms with Crippen LogP contribution in [0.5, 0.6) is 0 Å². The number of piperidine rings is 1. The number of hydrogen-bond acceptors (Lipinski definition) is 6. The second kappa shape index (κ2) is 13.4. The van der Waals surface area contributed by atoms with E-state index in [-0.39, 0.29) is 29.2 Å². The third-order valence-electron chi connectivity index (χ3n) is 7.61. The highest BCUT2D eigenvalue weighted by molar-refractivity contribution is 7.99. The fourth-order valence-electron chi connectivity index (χ4n) is 5.20. The van der Waals surface area contributed by atoms with Gasteiger partial charge < -0.3 is 19.9 Å². The quantitative estimate of drug-likeness (QED) is 0.275. The molecule has 0 spiro atoms. The smallest absolute Gasteiger partial charge is 0.306 e. The number of hydrogen-bond donors (Lipinski definition) is 2. The molecule has 0 aliphatic carbocycles. The molecular weight excluding hydrogens is 507 g/mol. The van der Waals surface area contributed by atoms with Gasteiger partial charge in [-0.25, -0.2) is 4.39 Å². The van der Waals surface area contributed by atoms with Gasteiger partial charge in [-0.2, -0.15) is 11.8 Å². The summed E-state index contributed by atoms with van der Waals surface area (Å²) in [5.74, 6) is 0.810. The van der Waals surface area contributed by atoms with Gasteiger partial charge in [0.05, 0.1) is 17.6 Å². The van der Waals surface area contributed by atoms with Crippen LogP contribution in [0.15, 0.2) is 18.2 Å². The largest absolute Gasteiger partial charge is 0.466 e. The minimum absolute atomic E-state index is 0.0665. The number of benzene rings is 1. The third-order valence-corrected chi connectivity index (χ3v) is 8.56. The minimum Gasteiger partial charge on any atom is -0.466 e. The molecule has 8 nitrogen and oxygen atoms in total. The van der Waals surface area contributed by atoms with Gasteiger partial charge in [-0.05, 0) is 58.1 Å². The van der Waals surface area contributed by atoms with Gasteiger partial charge in [-0.1, -0.05) is 13.0 Å². The zero-order chi connectivity index (χ0) is 27.9. The van der Waals surface area contributed by atoms with Crippen molar-refractivity contribution in [1.82, 2.24) is 15.1 Å². The fourth-order valence-corrected chi connectivity index (χ4v) is 6.10. The van der Waals surface area contributed by atoms with E-state index < -0.39 is 23.2 Å². The maximum absolute atomic E-state index is 15.0. The molecule has 2 amide bonds. The van der Waals surface area contributed by atoms with Crippen LogP contribution in [-0.2, 0) is 14.3 Å². The Bertz CT molecular complexity index is 1020. The van der Waals surface area contributed by atoms with Gasteiger partial charge in [-0.3, -0.25) is 19.8 Å². The molecule has 10 heteroatoms. The van der Waals surface area contributed by atoms with Crippen LogP contribution in [-0.4, -0.2) is 83.8 Å². The SMILES string of the molecule is CCOC(=O)CC1CCN(C(=O)C(C)(C)C(CC)NC(=O)c2ccc(C(=N)N3CCSCC3)cc2F)CC1. The molecule has 1 aromatic carbocycles. The first-order chi connectivity index (χ1) is 18.1. The van der Waals surface area contributed by atoms with Gasteiger partial charge in [0.1, 0.15) is 11.7 Å². The Balaban J connectivity index is 1.61. The van der Waals surface area contributed by atoms with Gasteiger partial charge in [0.2, 0.25) is 5.91 Å². The molecule has 2 aliphatic rings. The minimum atomic E-state index is -0.900. The second-order valence-electron chi connectivity index (χ2n) is 10.5. The Morgan fingerprint density at radius 1 is 1.13 bits per heavy atom. The molecule has 0 bridgehead atoms. The number of amidine groups is 1. The van der Waals surface area contributed by atoms with Crippen LogP contribution in [0.4, 0.5) is 4.39 Å². The van der Waals surface area contributed by atoms with Crippen molar-refractivity contribution >= 4 is 35.4 Å². The van der Waals surface area contributed by atoms with Crippen molar-refractivity contribution < 1.29 is 23.5 Å². The Kier molecular flexibility index (Phi) is 10.6. The Labute approximate surface area is 229 Å². The standard InChI is InChI=1S/C28H41FN4O4S/c1-5-23(28(3,4)27(36)33-11-9-19(10-12-33)17-24(34)37-6-2)31-26(35)21-8-7-20(18-22(21)29)25(30)32-13-15-38-16-14-32/h7-8,18-19,23,30H,5-6,9-17H2,1-4H3,(H,31,35). The molecule has 0 radical (unpaired) electrons. The molecule has 3 rings (SSSR count). The molecule has 2 N–H and O–H groups in total. The number of esters is 1. The topological polar surface area (TPSA) is 103 Å². The number of rotatable bonds is 9. The highest BCUT2D eigenvalue weighted by Gasteiger charge is 2.41. The lowest BCUT2D eigenvalue weighted by Gasteiger charge is -2.40. The van der Waals surface area contributed by atoms with Crippen LogP contribution in [0.1, 0.15) is 69.3 Å². The summed E-state index contributed by atoms with van der Waals surface area (Å²) >= 11 is 1.84. The number of ether oxygens (including phenoxy) is 1. The lowest BCUT2D eigenvalue weighted by atomic mass is 9.80. The van der Waals surface area contributed by atoms with Gasteiger partial charge in [0.15, 0.2) is 0 Å². The second-order valence-corrected chi connectivity index (χ2v) is 11.8. The van der Waals surface area contributed by atoms with E-state index in [1.165, 1.54) is 12.1 Å². The van der Waals surface area contributed by atoms with Gasteiger partial charge in [0.25, 0.3) is 5.91 Å². The number of nitrogens with one attached hydrogen (secondary N) is 2. The average Bonchev–Trinajstić information content (AvgIpc) is 2.91. The molecule has 0 saturated carbocycles. The van der Waals surface area contributed by atoms with Crippen LogP contribution >= 0.6 is 11.8 Å². The Morgan fingerprint density at radius 3 is 2.37 bits per heavy atom. The first-order valence-electron chi connectivity index (χ1n) is 13.5. The number of nitrogens with zero attached hydrogens (tertiary/aromatic N) is 2. The van der Waals surface area contributed by atoms with E-state index in [0.29, 0.717) is 38.1 Å². The molecule has 1 unspecified atom stereocenters. The Hall–Kier alpha value is -2.62. The predicted molar refractivity (Wildman–Crippen MR) is 148 cm³/mol. The van der Waals surface area contributed by atoms with Crippen molar-refractivity contribution in [3.8, 4) is 0 Å². The summed E-state index contributed by atoms with van der Waals surface area (Å²) in [6.07, 6.45) is 2.33. The van der Waals surface area contributed by atoms with E-state index in [1.54, 1.807) is 17.9 Å². The lowest BCUT2D eigenvalue weighted by molar-refractivity contribution is -0.145. The summed E-state index contributed by atoms with van der Waals surface area (Å²) in [7, 11) is 0. The number of halogens is 1. The summed E-state index contributed by atoms with van der Waals surface area (Å²) in [6.45, 7) is 10.3. The summed E-state index contributed by atoms with van der Waals surface area (Å²) in [4.78, 5) is 42.1. The zero-order valence-electron chi connectivity index (χ0n) is 23.0. The average molecular weight is 549 g/mol. The van der Waals surface area contributed by atoms with Crippen molar-refractivity contribution in [3.05, 3.63) is 35.1 Å². The number of thioether (sulfide) groups is 1. The molecule has 0 aromatic heterocycles.